The zero-order valence-electron chi connectivity index (χ0n) is 9.03. The average molecular weight is 213 g/mol. The van der Waals surface area contributed by atoms with Crippen LogP contribution in [0, 0.1) is 0 Å². The van der Waals surface area contributed by atoms with Crippen molar-refractivity contribution in [3.8, 4) is 0 Å². The molecule has 0 saturated carbocycles. The average Bonchev–Trinajstić information content (AvgIpc) is 2.61. The van der Waals surface area contributed by atoms with Crippen LogP contribution >= 0.6 is 0 Å². The van der Waals surface area contributed by atoms with Crippen LogP contribution in [0.3, 0.4) is 0 Å². The molecule has 3 N–H and O–H groups in total. The number of amides is 1. The van der Waals surface area contributed by atoms with Gasteiger partial charge in [0, 0.05) is 6.07 Å². The van der Waals surface area contributed by atoms with Gasteiger partial charge in [-0.3, -0.25) is 10.2 Å². The van der Waals surface area contributed by atoms with Gasteiger partial charge >= 0.3 is 0 Å². The van der Waals surface area contributed by atoms with E-state index < -0.39 is 5.91 Å². The summed E-state index contributed by atoms with van der Waals surface area (Å²) in [7, 11) is 0. The van der Waals surface area contributed by atoms with E-state index in [0.29, 0.717) is 5.76 Å². The van der Waals surface area contributed by atoms with Gasteiger partial charge in [-0.2, -0.15) is 0 Å². The van der Waals surface area contributed by atoms with Crippen molar-refractivity contribution in [2.45, 2.75) is 33.0 Å². The first kappa shape index (κ1) is 11.7. The van der Waals surface area contributed by atoms with Crippen LogP contribution in [0.1, 0.15) is 37.0 Å². The van der Waals surface area contributed by atoms with Gasteiger partial charge < -0.3 is 9.26 Å². The fourth-order valence-corrected chi connectivity index (χ4v) is 0.850. The summed E-state index contributed by atoms with van der Waals surface area (Å²) < 4.78 is 10.3. The molecule has 0 aromatic carbocycles. The van der Waals surface area contributed by atoms with Gasteiger partial charge in [-0.15, -0.1) is 0 Å². The van der Waals surface area contributed by atoms with Crippen molar-refractivity contribution in [2.24, 2.45) is 5.84 Å². The summed E-state index contributed by atoms with van der Waals surface area (Å²) in [4.78, 5) is 11.0. The lowest BCUT2D eigenvalue weighted by Gasteiger charge is -2.17. The van der Waals surface area contributed by atoms with E-state index in [9.17, 15) is 4.79 Å². The normalized spacial score (nSPS) is 11.5. The second-order valence-corrected chi connectivity index (χ2v) is 4.05. The lowest BCUT2D eigenvalue weighted by atomic mass is 10.2. The standard InChI is InChI=1S/C9H15N3O3/c1-9(2,3)14-5-6-4-7(12-15-6)8(13)11-10/h4H,5,10H2,1-3H3,(H,11,13). The number of nitrogens with one attached hydrogen (secondary N) is 1. The second kappa shape index (κ2) is 4.41. The van der Waals surface area contributed by atoms with Crippen LogP contribution in [0.25, 0.3) is 0 Å². The molecule has 15 heavy (non-hydrogen) atoms. The summed E-state index contributed by atoms with van der Waals surface area (Å²) in [6.07, 6.45) is 0. The molecule has 0 atom stereocenters. The zero-order chi connectivity index (χ0) is 11.5. The Morgan fingerprint density at radius 1 is 1.67 bits per heavy atom. The first-order valence-corrected chi connectivity index (χ1v) is 4.53. The van der Waals surface area contributed by atoms with Crippen molar-refractivity contribution in [1.29, 1.82) is 0 Å². The molecule has 0 unspecified atom stereocenters. The van der Waals surface area contributed by atoms with Gasteiger partial charge in [0.05, 0.1) is 5.60 Å². The maximum absolute atomic E-state index is 11.0. The van der Waals surface area contributed by atoms with E-state index in [-0.39, 0.29) is 17.9 Å². The molecule has 0 aliphatic rings. The fraction of sp³-hybridized carbons (Fsp3) is 0.556. The van der Waals surface area contributed by atoms with Gasteiger partial charge in [0.15, 0.2) is 11.5 Å². The van der Waals surface area contributed by atoms with Crippen molar-refractivity contribution in [1.82, 2.24) is 10.6 Å². The van der Waals surface area contributed by atoms with Gasteiger partial charge in [-0.25, -0.2) is 5.84 Å². The minimum atomic E-state index is -0.485. The summed E-state index contributed by atoms with van der Waals surface area (Å²) in [6.45, 7) is 6.05. The third-order valence-corrected chi connectivity index (χ3v) is 1.57. The number of nitrogen functional groups attached to an aromatic ring is 1. The number of hydrogen-bond acceptors (Lipinski definition) is 5. The minimum absolute atomic E-state index is 0.144. The molecule has 6 nitrogen and oxygen atoms in total. The Morgan fingerprint density at radius 2 is 2.33 bits per heavy atom. The van der Waals surface area contributed by atoms with Crippen LogP contribution < -0.4 is 11.3 Å². The van der Waals surface area contributed by atoms with Crippen LogP contribution in [0.15, 0.2) is 10.6 Å². The highest BCUT2D eigenvalue weighted by atomic mass is 16.5. The third kappa shape index (κ3) is 3.69. The quantitative estimate of drug-likeness (QED) is 0.435. The monoisotopic (exact) mass is 213 g/mol. The second-order valence-electron chi connectivity index (χ2n) is 4.05. The molecule has 0 aliphatic heterocycles. The van der Waals surface area contributed by atoms with E-state index in [0.717, 1.165) is 0 Å². The smallest absolute Gasteiger partial charge is 0.287 e. The van der Waals surface area contributed by atoms with E-state index in [4.69, 9.17) is 15.1 Å². The van der Waals surface area contributed by atoms with E-state index in [1.807, 2.05) is 26.2 Å². The summed E-state index contributed by atoms with van der Waals surface area (Å²) in [5, 5.41) is 3.54. The molecule has 1 amide bonds. The fourth-order valence-electron chi connectivity index (χ4n) is 0.850. The Kier molecular flexibility index (Phi) is 3.43. The Balaban J connectivity index is 2.57. The lowest BCUT2D eigenvalue weighted by Crippen LogP contribution is -2.30. The zero-order valence-corrected chi connectivity index (χ0v) is 9.03. The molecule has 0 radical (unpaired) electrons. The first-order chi connectivity index (χ1) is 6.92. The van der Waals surface area contributed by atoms with Crippen molar-refractivity contribution in [3.63, 3.8) is 0 Å². The number of nitrogens with two attached hydrogens (primary N) is 1. The molecular formula is C9H15N3O3. The Morgan fingerprint density at radius 3 is 2.87 bits per heavy atom. The maximum atomic E-state index is 11.0. The number of rotatable bonds is 3. The van der Waals surface area contributed by atoms with E-state index in [1.165, 1.54) is 6.07 Å². The molecule has 6 heteroatoms. The number of aromatic nitrogens is 1. The summed E-state index contributed by atoms with van der Waals surface area (Å²) in [5.41, 5.74) is 1.85. The van der Waals surface area contributed by atoms with E-state index in [1.54, 1.807) is 0 Å². The van der Waals surface area contributed by atoms with Gasteiger partial charge in [0.25, 0.3) is 5.91 Å². The summed E-state index contributed by atoms with van der Waals surface area (Å²) >= 11 is 0. The molecule has 0 spiro atoms. The number of hydrazine groups is 1. The highest BCUT2D eigenvalue weighted by molar-refractivity contribution is 5.91. The lowest BCUT2D eigenvalue weighted by molar-refractivity contribution is -0.0241. The topological polar surface area (TPSA) is 90.4 Å². The number of carbonyl (C=O) groups excluding carboxylic acids is 1. The van der Waals surface area contributed by atoms with E-state index in [2.05, 4.69) is 5.16 Å². The Hall–Kier alpha value is -1.40. The molecule has 0 saturated heterocycles. The van der Waals surface area contributed by atoms with Crippen LogP contribution in [0.4, 0.5) is 0 Å². The first-order valence-electron chi connectivity index (χ1n) is 4.53. The Bertz CT molecular complexity index is 341. The highest BCUT2D eigenvalue weighted by Gasteiger charge is 2.14. The van der Waals surface area contributed by atoms with Crippen LogP contribution in [0.5, 0.6) is 0 Å². The third-order valence-electron chi connectivity index (χ3n) is 1.57. The van der Waals surface area contributed by atoms with Crippen molar-refractivity contribution < 1.29 is 14.1 Å². The number of nitrogens with zero attached hydrogens (tertiary/aromatic N) is 1. The van der Waals surface area contributed by atoms with Gasteiger partial charge in [-0.05, 0) is 20.8 Å². The van der Waals surface area contributed by atoms with Crippen LogP contribution in [0.2, 0.25) is 0 Å². The molecule has 0 fully saturated rings. The highest BCUT2D eigenvalue weighted by Crippen LogP contribution is 2.12. The van der Waals surface area contributed by atoms with Gasteiger partial charge in [0.2, 0.25) is 0 Å². The molecule has 1 rings (SSSR count). The summed E-state index contributed by atoms with van der Waals surface area (Å²) in [5.74, 6) is 4.95. The minimum Gasteiger partial charge on any atom is -0.368 e. The van der Waals surface area contributed by atoms with Crippen molar-refractivity contribution in [3.05, 3.63) is 17.5 Å². The largest absolute Gasteiger partial charge is 0.368 e. The molecule has 0 bridgehead atoms. The van der Waals surface area contributed by atoms with Gasteiger partial charge in [0.1, 0.15) is 6.61 Å². The summed E-state index contributed by atoms with van der Waals surface area (Å²) in [6, 6.07) is 1.49. The van der Waals surface area contributed by atoms with Crippen LogP contribution in [-0.2, 0) is 11.3 Å². The van der Waals surface area contributed by atoms with Crippen molar-refractivity contribution in [2.75, 3.05) is 0 Å². The molecule has 1 aromatic rings. The van der Waals surface area contributed by atoms with Crippen molar-refractivity contribution >= 4 is 5.91 Å². The molecule has 1 aromatic heterocycles. The predicted octanol–water partition coefficient (Wildman–Crippen LogP) is 0.593. The molecular weight excluding hydrogens is 198 g/mol. The predicted molar refractivity (Wildman–Crippen MR) is 52.7 cm³/mol. The van der Waals surface area contributed by atoms with Crippen LogP contribution in [-0.4, -0.2) is 16.7 Å². The maximum Gasteiger partial charge on any atom is 0.287 e. The molecule has 84 valence electrons. The number of carbonyl (C=O) groups is 1. The number of hydrogen-bond donors (Lipinski definition) is 2. The number of ether oxygens (including phenoxy) is 1. The Labute approximate surface area is 87.7 Å². The van der Waals surface area contributed by atoms with E-state index >= 15 is 0 Å². The van der Waals surface area contributed by atoms with Gasteiger partial charge in [-0.1, -0.05) is 5.16 Å². The SMILES string of the molecule is CC(C)(C)OCc1cc(C(=O)NN)no1. The molecule has 0 aliphatic carbocycles. The molecule has 1 heterocycles.